The molecule has 0 fully saturated rings. The number of hydrogen-bond donors (Lipinski definition) is 1. The fourth-order valence-electron chi connectivity index (χ4n) is 2.83. The number of ether oxygens (including phenoxy) is 1. The largest absolute Gasteiger partial charge is 0.496 e. The molecule has 0 aliphatic carbocycles. The average molecular weight is 391 g/mol. The Morgan fingerprint density at radius 3 is 2.44 bits per heavy atom. The lowest BCUT2D eigenvalue weighted by molar-refractivity contribution is -0.116. The Labute approximate surface area is 161 Å². The van der Waals surface area contributed by atoms with Crippen LogP contribution in [0.4, 0.5) is 5.69 Å². The van der Waals surface area contributed by atoms with Gasteiger partial charge in [-0.25, -0.2) is 8.42 Å². The first-order chi connectivity index (χ1) is 12.9. The van der Waals surface area contributed by atoms with E-state index in [0.717, 1.165) is 11.3 Å². The maximum Gasteiger partial charge on any atom is 0.243 e. The summed E-state index contributed by atoms with van der Waals surface area (Å²) >= 11 is 0. The molecule has 0 heterocycles. The number of rotatable bonds is 9. The number of hydrogen-bond acceptors (Lipinski definition) is 4. The predicted molar refractivity (Wildman–Crippen MR) is 106 cm³/mol. The number of benzene rings is 2. The highest BCUT2D eigenvalue weighted by Crippen LogP contribution is 2.21. The van der Waals surface area contributed by atoms with E-state index in [9.17, 15) is 13.2 Å². The van der Waals surface area contributed by atoms with Crippen LogP contribution < -0.4 is 10.1 Å². The lowest BCUT2D eigenvalue weighted by Crippen LogP contribution is -2.30. The quantitative estimate of drug-likeness (QED) is 0.713. The average Bonchev–Trinajstić information content (AvgIpc) is 2.67. The van der Waals surface area contributed by atoms with Crippen molar-refractivity contribution in [3.05, 3.63) is 54.1 Å². The third kappa shape index (κ3) is 5.30. The van der Waals surface area contributed by atoms with Gasteiger partial charge >= 0.3 is 0 Å². The van der Waals surface area contributed by atoms with E-state index in [4.69, 9.17) is 4.74 Å². The first-order valence-corrected chi connectivity index (χ1v) is 10.4. The fourth-order valence-corrected chi connectivity index (χ4v) is 4.33. The molecule has 0 unspecified atom stereocenters. The van der Waals surface area contributed by atoms with Gasteiger partial charge in [-0.05, 0) is 36.2 Å². The monoisotopic (exact) mass is 390 g/mol. The van der Waals surface area contributed by atoms with E-state index in [1.807, 2.05) is 24.3 Å². The second-order valence-electron chi connectivity index (χ2n) is 5.98. The summed E-state index contributed by atoms with van der Waals surface area (Å²) in [6.45, 7) is 4.39. The van der Waals surface area contributed by atoms with Gasteiger partial charge in [0.05, 0.1) is 12.0 Å². The Kier molecular flexibility index (Phi) is 7.38. The molecule has 2 aromatic carbocycles. The van der Waals surface area contributed by atoms with Crippen LogP contribution in [0.5, 0.6) is 5.75 Å². The van der Waals surface area contributed by atoms with E-state index in [0.29, 0.717) is 25.2 Å². The molecule has 27 heavy (non-hydrogen) atoms. The molecule has 0 aliphatic rings. The molecule has 7 heteroatoms. The summed E-state index contributed by atoms with van der Waals surface area (Å²) in [7, 11) is -1.96. The first kappa shape index (κ1) is 20.9. The smallest absolute Gasteiger partial charge is 0.243 e. The number of carbonyl (C=O) groups excluding carboxylic acids is 1. The molecule has 0 radical (unpaired) electrons. The van der Waals surface area contributed by atoms with E-state index in [1.165, 1.54) is 16.4 Å². The van der Waals surface area contributed by atoms with Crippen molar-refractivity contribution in [2.45, 2.75) is 31.6 Å². The standard InChI is InChI=1S/C20H26N2O4S/c1-4-22(5-2)27(24,25)18-11-8-10-17(15-18)21-20(23)14-13-16-9-6-7-12-19(16)26-3/h6-12,15H,4-5,13-14H2,1-3H3,(H,21,23). The lowest BCUT2D eigenvalue weighted by atomic mass is 10.1. The Morgan fingerprint density at radius 2 is 1.78 bits per heavy atom. The Morgan fingerprint density at radius 1 is 1.07 bits per heavy atom. The lowest BCUT2D eigenvalue weighted by Gasteiger charge is -2.18. The summed E-state index contributed by atoms with van der Waals surface area (Å²) in [4.78, 5) is 12.5. The maximum absolute atomic E-state index is 12.6. The first-order valence-electron chi connectivity index (χ1n) is 8.94. The van der Waals surface area contributed by atoms with Crippen molar-refractivity contribution < 1.29 is 17.9 Å². The number of nitrogens with one attached hydrogen (secondary N) is 1. The van der Waals surface area contributed by atoms with Gasteiger partial charge in [0.15, 0.2) is 0 Å². The molecule has 2 rings (SSSR count). The molecule has 0 atom stereocenters. The number of amides is 1. The highest BCUT2D eigenvalue weighted by molar-refractivity contribution is 7.89. The molecule has 0 saturated heterocycles. The third-order valence-corrected chi connectivity index (χ3v) is 6.32. The number of nitrogens with zero attached hydrogens (tertiary/aromatic N) is 1. The summed E-state index contributed by atoms with van der Waals surface area (Å²) in [5, 5.41) is 2.77. The van der Waals surface area contributed by atoms with E-state index in [1.54, 1.807) is 33.1 Å². The molecular weight excluding hydrogens is 364 g/mol. The van der Waals surface area contributed by atoms with Crippen LogP contribution in [-0.2, 0) is 21.2 Å². The van der Waals surface area contributed by atoms with Gasteiger partial charge in [-0.15, -0.1) is 0 Å². The van der Waals surface area contributed by atoms with Crippen molar-refractivity contribution in [3.8, 4) is 5.75 Å². The molecule has 1 amide bonds. The van der Waals surface area contributed by atoms with Crippen molar-refractivity contribution in [3.63, 3.8) is 0 Å². The summed E-state index contributed by atoms with van der Waals surface area (Å²) in [5.41, 5.74) is 1.42. The maximum atomic E-state index is 12.6. The van der Waals surface area contributed by atoms with Crippen LogP contribution in [-0.4, -0.2) is 38.8 Å². The summed E-state index contributed by atoms with van der Waals surface area (Å²) in [6.07, 6.45) is 0.806. The Hall–Kier alpha value is -2.38. The number of methoxy groups -OCH3 is 1. The fraction of sp³-hybridized carbons (Fsp3) is 0.350. The highest BCUT2D eigenvalue weighted by atomic mass is 32.2. The van der Waals surface area contributed by atoms with Gasteiger partial charge in [0, 0.05) is 25.2 Å². The van der Waals surface area contributed by atoms with Gasteiger partial charge in [0.1, 0.15) is 5.75 Å². The second kappa shape index (κ2) is 9.53. The van der Waals surface area contributed by atoms with Crippen LogP contribution in [0.1, 0.15) is 25.8 Å². The SMILES string of the molecule is CCN(CC)S(=O)(=O)c1cccc(NC(=O)CCc2ccccc2OC)c1. The normalized spacial score (nSPS) is 11.4. The van der Waals surface area contributed by atoms with E-state index in [2.05, 4.69) is 5.32 Å². The van der Waals surface area contributed by atoms with Gasteiger partial charge in [-0.3, -0.25) is 4.79 Å². The summed E-state index contributed by atoms with van der Waals surface area (Å²) < 4.78 is 31.9. The topological polar surface area (TPSA) is 75.7 Å². The van der Waals surface area contributed by atoms with Crippen molar-refractivity contribution in [2.24, 2.45) is 0 Å². The van der Waals surface area contributed by atoms with Crippen LogP contribution >= 0.6 is 0 Å². The second-order valence-corrected chi connectivity index (χ2v) is 7.92. The minimum absolute atomic E-state index is 0.175. The molecule has 146 valence electrons. The molecule has 0 bridgehead atoms. The van der Waals surface area contributed by atoms with E-state index >= 15 is 0 Å². The Bertz CT molecular complexity index is 877. The van der Waals surface area contributed by atoms with Crippen molar-refractivity contribution in [1.82, 2.24) is 4.31 Å². The number of aryl methyl sites for hydroxylation is 1. The molecule has 0 aromatic heterocycles. The van der Waals surface area contributed by atoms with Crippen LogP contribution in [0.2, 0.25) is 0 Å². The van der Waals surface area contributed by atoms with Crippen LogP contribution in [0.15, 0.2) is 53.4 Å². The van der Waals surface area contributed by atoms with Crippen LogP contribution in [0, 0.1) is 0 Å². The van der Waals surface area contributed by atoms with E-state index in [-0.39, 0.29) is 17.2 Å². The minimum atomic E-state index is -3.56. The van der Waals surface area contributed by atoms with Crippen LogP contribution in [0.3, 0.4) is 0 Å². The minimum Gasteiger partial charge on any atom is -0.496 e. The van der Waals surface area contributed by atoms with Gasteiger partial charge in [0.25, 0.3) is 0 Å². The van der Waals surface area contributed by atoms with Gasteiger partial charge in [0.2, 0.25) is 15.9 Å². The highest BCUT2D eigenvalue weighted by Gasteiger charge is 2.21. The van der Waals surface area contributed by atoms with Crippen LogP contribution in [0.25, 0.3) is 0 Å². The molecular formula is C20H26N2O4S. The van der Waals surface area contributed by atoms with Crippen molar-refractivity contribution in [1.29, 1.82) is 0 Å². The zero-order valence-corrected chi connectivity index (χ0v) is 16.8. The number of anilines is 1. The van der Waals surface area contributed by atoms with Crippen molar-refractivity contribution in [2.75, 3.05) is 25.5 Å². The summed E-state index contributed by atoms with van der Waals surface area (Å²) in [6, 6.07) is 13.9. The molecule has 0 aliphatic heterocycles. The zero-order chi connectivity index (χ0) is 19.9. The number of carbonyl (C=O) groups is 1. The molecule has 6 nitrogen and oxygen atoms in total. The number of para-hydroxylation sites is 1. The number of sulfonamides is 1. The van der Waals surface area contributed by atoms with Gasteiger partial charge in [-0.1, -0.05) is 38.1 Å². The zero-order valence-electron chi connectivity index (χ0n) is 15.9. The predicted octanol–water partition coefficient (Wildman–Crippen LogP) is 3.30. The van der Waals surface area contributed by atoms with Crippen molar-refractivity contribution >= 4 is 21.6 Å². The van der Waals surface area contributed by atoms with E-state index < -0.39 is 10.0 Å². The Balaban J connectivity index is 2.06. The molecule has 0 saturated carbocycles. The molecule has 1 N–H and O–H groups in total. The third-order valence-electron chi connectivity index (χ3n) is 4.27. The van der Waals surface area contributed by atoms with Gasteiger partial charge < -0.3 is 10.1 Å². The van der Waals surface area contributed by atoms with Gasteiger partial charge in [-0.2, -0.15) is 4.31 Å². The molecule has 0 spiro atoms. The summed E-state index contributed by atoms with van der Waals surface area (Å²) in [5.74, 6) is 0.566. The molecule has 2 aromatic rings.